The second kappa shape index (κ2) is 9.06. The summed E-state index contributed by atoms with van der Waals surface area (Å²) in [4.78, 5) is 12.0. The van der Waals surface area contributed by atoms with Crippen LogP contribution in [0.1, 0.15) is 19.8 Å². The fourth-order valence-electron chi connectivity index (χ4n) is 1.89. The minimum atomic E-state index is -0.244. The van der Waals surface area contributed by atoms with E-state index >= 15 is 0 Å². The van der Waals surface area contributed by atoms with Gasteiger partial charge in [0.25, 0.3) is 5.91 Å². The summed E-state index contributed by atoms with van der Waals surface area (Å²) in [7, 11) is 0. The SMILES string of the molecule is CCCCOc1ccccc1NC(=O)COc1ccc(Cl)cc1. The Morgan fingerprint density at radius 3 is 2.57 bits per heavy atom. The van der Waals surface area contributed by atoms with Gasteiger partial charge in [-0.1, -0.05) is 37.1 Å². The van der Waals surface area contributed by atoms with E-state index in [1.54, 1.807) is 24.3 Å². The van der Waals surface area contributed by atoms with E-state index < -0.39 is 0 Å². The van der Waals surface area contributed by atoms with Crippen LogP contribution in [0.25, 0.3) is 0 Å². The smallest absolute Gasteiger partial charge is 0.262 e. The van der Waals surface area contributed by atoms with Gasteiger partial charge >= 0.3 is 0 Å². The van der Waals surface area contributed by atoms with Crippen molar-refractivity contribution in [2.24, 2.45) is 0 Å². The Hall–Kier alpha value is -2.20. The molecular weight excluding hydrogens is 314 g/mol. The molecule has 0 radical (unpaired) electrons. The summed E-state index contributed by atoms with van der Waals surface area (Å²) < 4.78 is 11.1. The van der Waals surface area contributed by atoms with Crippen molar-refractivity contribution in [3.63, 3.8) is 0 Å². The summed E-state index contributed by atoms with van der Waals surface area (Å²) in [5.41, 5.74) is 0.647. The van der Waals surface area contributed by atoms with Crippen molar-refractivity contribution < 1.29 is 14.3 Å². The van der Waals surface area contributed by atoms with Gasteiger partial charge in [0.05, 0.1) is 12.3 Å². The first-order valence-electron chi connectivity index (χ1n) is 7.59. The highest BCUT2D eigenvalue weighted by atomic mass is 35.5. The number of unbranched alkanes of at least 4 members (excludes halogenated alkanes) is 1. The minimum absolute atomic E-state index is 0.0784. The van der Waals surface area contributed by atoms with E-state index in [9.17, 15) is 4.79 Å². The van der Waals surface area contributed by atoms with Gasteiger partial charge in [-0.2, -0.15) is 0 Å². The number of hydrogen-bond donors (Lipinski definition) is 1. The zero-order valence-electron chi connectivity index (χ0n) is 13.0. The van der Waals surface area contributed by atoms with E-state index in [1.807, 2.05) is 24.3 Å². The van der Waals surface area contributed by atoms with Crippen molar-refractivity contribution in [2.75, 3.05) is 18.5 Å². The highest BCUT2D eigenvalue weighted by molar-refractivity contribution is 6.30. The molecule has 1 amide bonds. The van der Waals surface area contributed by atoms with Crippen LogP contribution in [0.5, 0.6) is 11.5 Å². The van der Waals surface area contributed by atoms with Gasteiger partial charge in [0.1, 0.15) is 11.5 Å². The van der Waals surface area contributed by atoms with Crippen LogP contribution < -0.4 is 14.8 Å². The molecule has 4 nitrogen and oxygen atoms in total. The molecule has 0 aromatic heterocycles. The van der Waals surface area contributed by atoms with E-state index in [-0.39, 0.29) is 12.5 Å². The second-order valence-corrected chi connectivity index (χ2v) is 5.43. The molecular formula is C18H20ClNO3. The Balaban J connectivity index is 1.88. The number of carbonyl (C=O) groups excluding carboxylic acids is 1. The van der Waals surface area contributed by atoms with Crippen molar-refractivity contribution in [3.8, 4) is 11.5 Å². The van der Waals surface area contributed by atoms with Crippen molar-refractivity contribution in [1.29, 1.82) is 0 Å². The van der Waals surface area contributed by atoms with E-state index in [0.717, 1.165) is 12.8 Å². The standard InChI is InChI=1S/C18H20ClNO3/c1-2-3-12-22-17-7-5-4-6-16(17)20-18(21)13-23-15-10-8-14(19)9-11-15/h4-11H,2-3,12-13H2,1H3,(H,20,21). The molecule has 0 aliphatic carbocycles. The molecule has 0 bridgehead atoms. The fourth-order valence-corrected chi connectivity index (χ4v) is 2.01. The third-order valence-corrected chi connectivity index (χ3v) is 3.35. The largest absolute Gasteiger partial charge is 0.491 e. The molecule has 0 fully saturated rings. The van der Waals surface area contributed by atoms with E-state index in [2.05, 4.69) is 12.2 Å². The van der Waals surface area contributed by atoms with Gasteiger partial charge in [-0.25, -0.2) is 0 Å². The zero-order chi connectivity index (χ0) is 16.5. The number of benzene rings is 2. The lowest BCUT2D eigenvalue weighted by Gasteiger charge is -2.12. The topological polar surface area (TPSA) is 47.6 Å². The van der Waals surface area contributed by atoms with Gasteiger partial charge in [-0.3, -0.25) is 4.79 Å². The van der Waals surface area contributed by atoms with E-state index in [1.165, 1.54) is 0 Å². The normalized spacial score (nSPS) is 10.2. The number of carbonyl (C=O) groups is 1. The number of ether oxygens (including phenoxy) is 2. The molecule has 0 spiro atoms. The molecule has 0 saturated carbocycles. The molecule has 0 aliphatic rings. The summed E-state index contributed by atoms with van der Waals surface area (Å²) in [6.45, 7) is 2.65. The first-order valence-corrected chi connectivity index (χ1v) is 7.97. The Morgan fingerprint density at radius 2 is 1.83 bits per heavy atom. The quantitative estimate of drug-likeness (QED) is 0.722. The zero-order valence-corrected chi connectivity index (χ0v) is 13.8. The van der Waals surface area contributed by atoms with Gasteiger partial charge in [0.2, 0.25) is 0 Å². The Bertz CT molecular complexity index is 628. The number of rotatable bonds is 8. The third kappa shape index (κ3) is 5.83. The molecule has 0 aliphatic heterocycles. The van der Waals surface area contributed by atoms with Gasteiger partial charge < -0.3 is 14.8 Å². The summed E-state index contributed by atoms with van der Waals surface area (Å²) in [5.74, 6) is 1.02. The predicted octanol–water partition coefficient (Wildman–Crippen LogP) is 4.54. The third-order valence-electron chi connectivity index (χ3n) is 3.10. The first kappa shape index (κ1) is 17.2. The van der Waals surface area contributed by atoms with Gasteiger partial charge in [-0.15, -0.1) is 0 Å². The average Bonchev–Trinajstić information content (AvgIpc) is 2.56. The van der Waals surface area contributed by atoms with Crippen molar-refractivity contribution in [3.05, 3.63) is 53.6 Å². The van der Waals surface area contributed by atoms with Crippen LogP contribution in [0.4, 0.5) is 5.69 Å². The highest BCUT2D eigenvalue weighted by Gasteiger charge is 2.08. The first-order chi connectivity index (χ1) is 11.2. The van der Waals surface area contributed by atoms with Gasteiger partial charge in [-0.05, 0) is 42.8 Å². The molecule has 1 N–H and O–H groups in total. The summed E-state index contributed by atoms with van der Waals surface area (Å²) in [6.07, 6.45) is 2.03. The second-order valence-electron chi connectivity index (χ2n) is 4.99. The molecule has 2 rings (SSSR count). The molecule has 122 valence electrons. The van der Waals surface area contributed by atoms with Crippen LogP contribution >= 0.6 is 11.6 Å². The maximum Gasteiger partial charge on any atom is 0.262 e. The van der Waals surface area contributed by atoms with Crippen molar-refractivity contribution in [2.45, 2.75) is 19.8 Å². The van der Waals surface area contributed by atoms with Crippen molar-refractivity contribution in [1.82, 2.24) is 0 Å². The molecule has 0 saturated heterocycles. The van der Waals surface area contributed by atoms with Crippen LogP contribution in [0, 0.1) is 0 Å². The van der Waals surface area contributed by atoms with E-state index in [4.69, 9.17) is 21.1 Å². The average molecular weight is 334 g/mol. The van der Waals surface area contributed by atoms with Crippen LogP contribution in [-0.2, 0) is 4.79 Å². The summed E-state index contributed by atoms with van der Waals surface area (Å²) in [5, 5.41) is 3.43. The Morgan fingerprint density at radius 1 is 1.09 bits per heavy atom. The molecule has 5 heteroatoms. The summed E-state index contributed by atoms with van der Waals surface area (Å²) in [6, 6.07) is 14.2. The van der Waals surface area contributed by atoms with Crippen LogP contribution in [0.15, 0.2) is 48.5 Å². The maximum absolute atomic E-state index is 12.0. The number of halogens is 1. The molecule has 2 aromatic rings. The van der Waals surface area contributed by atoms with Gasteiger partial charge in [0, 0.05) is 5.02 Å². The lowest BCUT2D eigenvalue weighted by molar-refractivity contribution is -0.118. The lowest BCUT2D eigenvalue weighted by atomic mass is 10.3. The van der Waals surface area contributed by atoms with Crippen LogP contribution in [0.2, 0.25) is 5.02 Å². The lowest BCUT2D eigenvalue weighted by Crippen LogP contribution is -2.20. The number of anilines is 1. The number of hydrogen-bond acceptors (Lipinski definition) is 3. The molecule has 2 aromatic carbocycles. The monoisotopic (exact) mass is 333 g/mol. The molecule has 0 unspecified atom stereocenters. The van der Waals surface area contributed by atoms with Gasteiger partial charge in [0.15, 0.2) is 6.61 Å². The number of nitrogens with one attached hydrogen (secondary N) is 1. The fraction of sp³-hybridized carbons (Fsp3) is 0.278. The van der Waals surface area contributed by atoms with Crippen molar-refractivity contribution >= 4 is 23.2 Å². The maximum atomic E-state index is 12.0. The number of para-hydroxylation sites is 2. The Kier molecular flexibility index (Phi) is 6.76. The molecule has 0 heterocycles. The summed E-state index contributed by atoms with van der Waals surface area (Å²) >= 11 is 5.80. The Labute approximate surface area is 141 Å². The molecule has 23 heavy (non-hydrogen) atoms. The van der Waals surface area contributed by atoms with Crippen LogP contribution in [-0.4, -0.2) is 19.1 Å². The van der Waals surface area contributed by atoms with E-state index in [0.29, 0.717) is 28.8 Å². The highest BCUT2D eigenvalue weighted by Crippen LogP contribution is 2.24. The molecule has 0 atom stereocenters. The predicted molar refractivity (Wildman–Crippen MR) is 92.4 cm³/mol. The number of amides is 1. The minimum Gasteiger partial charge on any atom is -0.491 e. The van der Waals surface area contributed by atoms with Crippen LogP contribution in [0.3, 0.4) is 0 Å².